The van der Waals surface area contributed by atoms with Crippen molar-refractivity contribution in [1.29, 1.82) is 0 Å². The second-order valence-corrected chi connectivity index (χ2v) is 9.29. The van der Waals surface area contributed by atoms with Crippen LogP contribution in [0.5, 0.6) is 0 Å². The van der Waals surface area contributed by atoms with Gasteiger partial charge in [0.15, 0.2) is 9.84 Å². The standard InChI is InChI=1S/C19H24BrNO2S/c1-14(2)16-4-6-17(7-5-16)15(3)21-12-13-24(22,23)19-10-8-18(20)9-11-19/h4-11,14-15,21H,12-13H2,1-3H3/t15-/m0/s1. The van der Waals surface area contributed by atoms with Crippen molar-refractivity contribution in [3.8, 4) is 0 Å². The van der Waals surface area contributed by atoms with Crippen molar-refractivity contribution in [2.45, 2.75) is 37.6 Å². The summed E-state index contributed by atoms with van der Waals surface area (Å²) in [6, 6.07) is 15.4. The maximum absolute atomic E-state index is 12.3. The summed E-state index contributed by atoms with van der Waals surface area (Å²) in [7, 11) is -3.26. The van der Waals surface area contributed by atoms with Gasteiger partial charge in [-0.25, -0.2) is 8.42 Å². The molecule has 0 radical (unpaired) electrons. The third-order valence-electron chi connectivity index (χ3n) is 4.10. The van der Waals surface area contributed by atoms with E-state index in [0.717, 1.165) is 4.47 Å². The van der Waals surface area contributed by atoms with E-state index in [0.29, 0.717) is 17.4 Å². The van der Waals surface area contributed by atoms with Crippen molar-refractivity contribution in [1.82, 2.24) is 5.32 Å². The van der Waals surface area contributed by atoms with Crippen molar-refractivity contribution in [3.63, 3.8) is 0 Å². The lowest BCUT2D eigenvalue weighted by Gasteiger charge is -2.15. The molecule has 0 amide bonds. The van der Waals surface area contributed by atoms with Gasteiger partial charge in [0.2, 0.25) is 0 Å². The molecule has 1 atom stereocenters. The fourth-order valence-corrected chi connectivity index (χ4v) is 3.89. The van der Waals surface area contributed by atoms with E-state index in [4.69, 9.17) is 0 Å². The Morgan fingerprint density at radius 2 is 1.46 bits per heavy atom. The Morgan fingerprint density at radius 3 is 2.00 bits per heavy atom. The maximum Gasteiger partial charge on any atom is 0.179 e. The maximum atomic E-state index is 12.3. The van der Waals surface area contributed by atoms with Crippen molar-refractivity contribution in [2.75, 3.05) is 12.3 Å². The van der Waals surface area contributed by atoms with Gasteiger partial charge in [0, 0.05) is 17.1 Å². The van der Waals surface area contributed by atoms with E-state index in [1.165, 1.54) is 11.1 Å². The third-order valence-corrected chi connectivity index (χ3v) is 6.36. The lowest BCUT2D eigenvalue weighted by molar-refractivity contribution is 0.572. The Bertz CT molecular complexity index is 753. The van der Waals surface area contributed by atoms with Gasteiger partial charge in [-0.2, -0.15) is 0 Å². The molecule has 0 unspecified atom stereocenters. The molecule has 1 N–H and O–H groups in total. The van der Waals surface area contributed by atoms with Crippen LogP contribution in [0.2, 0.25) is 0 Å². The van der Waals surface area contributed by atoms with Crippen LogP contribution in [0.15, 0.2) is 57.9 Å². The average molecular weight is 410 g/mol. The first-order valence-corrected chi connectivity index (χ1v) is 10.6. The average Bonchev–Trinajstić information content (AvgIpc) is 2.55. The number of sulfone groups is 1. The molecule has 0 bridgehead atoms. The molecule has 5 heteroatoms. The number of benzene rings is 2. The molecule has 0 saturated carbocycles. The van der Waals surface area contributed by atoms with Gasteiger partial charge in [-0.3, -0.25) is 0 Å². The summed E-state index contributed by atoms with van der Waals surface area (Å²) >= 11 is 3.32. The molecular formula is C19H24BrNO2S. The SMILES string of the molecule is CC(C)c1ccc([C@H](C)NCCS(=O)(=O)c2ccc(Br)cc2)cc1. The minimum Gasteiger partial charge on any atom is -0.309 e. The number of nitrogens with one attached hydrogen (secondary N) is 1. The van der Waals surface area contributed by atoms with Crippen LogP contribution in [0.3, 0.4) is 0 Å². The van der Waals surface area contributed by atoms with E-state index in [1.54, 1.807) is 24.3 Å². The molecule has 2 aromatic rings. The highest BCUT2D eigenvalue weighted by atomic mass is 79.9. The molecule has 0 aliphatic carbocycles. The van der Waals surface area contributed by atoms with Gasteiger partial charge >= 0.3 is 0 Å². The molecule has 0 heterocycles. The summed E-state index contributed by atoms with van der Waals surface area (Å²) in [5, 5.41) is 3.30. The predicted molar refractivity (Wildman–Crippen MR) is 103 cm³/mol. The van der Waals surface area contributed by atoms with Crippen molar-refractivity contribution in [3.05, 3.63) is 64.1 Å². The molecule has 3 nitrogen and oxygen atoms in total. The van der Waals surface area contributed by atoms with Crippen LogP contribution in [0, 0.1) is 0 Å². The molecule has 0 spiro atoms. The first-order valence-electron chi connectivity index (χ1n) is 8.11. The molecule has 0 saturated heterocycles. The van der Waals surface area contributed by atoms with Crippen molar-refractivity contribution >= 4 is 25.8 Å². The Morgan fingerprint density at radius 1 is 0.917 bits per heavy atom. The monoisotopic (exact) mass is 409 g/mol. The zero-order chi connectivity index (χ0) is 17.7. The van der Waals surface area contributed by atoms with Crippen molar-refractivity contribution in [2.24, 2.45) is 0 Å². The molecule has 0 aliphatic heterocycles. The number of halogens is 1. The minimum absolute atomic E-state index is 0.0864. The second-order valence-electron chi connectivity index (χ2n) is 6.27. The molecule has 0 fully saturated rings. The van der Waals surface area contributed by atoms with E-state index in [9.17, 15) is 8.42 Å². The van der Waals surface area contributed by atoms with Crippen LogP contribution in [0.25, 0.3) is 0 Å². The van der Waals surface area contributed by atoms with E-state index >= 15 is 0 Å². The highest BCUT2D eigenvalue weighted by molar-refractivity contribution is 9.10. The van der Waals surface area contributed by atoms with Gasteiger partial charge in [0.25, 0.3) is 0 Å². The molecule has 0 aromatic heterocycles. The summed E-state index contributed by atoms with van der Waals surface area (Å²) in [6.45, 7) is 6.81. The highest BCUT2D eigenvalue weighted by Crippen LogP contribution is 2.19. The van der Waals surface area contributed by atoms with Crippen LogP contribution in [-0.4, -0.2) is 20.7 Å². The normalized spacial score (nSPS) is 13.2. The third kappa shape index (κ3) is 5.16. The van der Waals surface area contributed by atoms with Crippen LogP contribution in [0.1, 0.15) is 43.9 Å². The smallest absolute Gasteiger partial charge is 0.179 e. The zero-order valence-corrected chi connectivity index (χ0v) is 16.7. The molecule has 24 heavy (non-hydrogen) atoms. The molecule has 2 aromatic carbocycles. The van der Waals surface area contributed by atoms with Gasteiger partial charge < -0.3 is 5.32 Å². The molecular weight excluding hydrogens is 386 g/mol. The van der Waals surface area contributed by atoms with Crippen LogP contribution in [0.4, 0.5) is 0 Å². The van der Waals surface area contributed by atoms with Gasteiger partial charge in [-0.1, -0.05) is 54.0 Å². The van der Waals surface area contributed by atoms with Gasteiger partial charge in [-0.05, 0) is 48.2 Å². The predicted octanol–water partition coefficient (Wildman–Crippen LogP) is 4.70. The Hall–Kier alpha value is -1.17. The topological polar surface area (TPSA) is 46.2 Å². The lowest BCUT2D eigenvalue weighted by atomic mass is 10.00. The number of rotatable bonds is 7. The van der Waals surface area contributed by atoms with Crippen LogP contribution >= 0.6 is 15.9 Å². The van der Waals surface area contributed by atoms with Crippen LogP contribution < -0.4 is 5.32 Å². The Labute approximate surface area is 153 Å². The number of hydrogen-bond acceptors (Lipinski definition) is 3. The minimum atomic E-state index is -3.26. The van der Waals surface area contributed by atoms with Crippen molar-refractivity contribution < 1.29 is 8.42 Å². The summed E-state index contributed by atoms with van der Waals surface area (Å²) in [5.74, 6) is 0.599. The molecule has 2 rings (SSSR count). The summed E-state index contributed by atoms with van der Waals surface area (Å²) in [4.78, 5) is 0.362. The van der Waals surface area contributed by atoms with E-state index in [2.05, 4.69) is 66.3 Å². The molecule has 0 aliphatic rings. The quantitative estimate of drug-likeness (QED) is 0.720. The second kappa shape index (κ2) is 8.28. The van der Waals surface area contributed by atoms with Gasteiger partial charge in [-0.15, -0.1) is 0 Å². The largest absolute Gasteiger partial charge is 0.309 e. The highest BCUT2D eigenvalue weighted by Gasteiger charge is 2.15. The zero-order valence-electron chi connectivity index (χ0n) is 14.3. The fraction of sp³-hybridized carbons (Fsp3) is 0.368. The lowest BCUT2D eigenvalue weighted by Crippen LogP contribution is -2.25. The summed E-state index contributed by atoms with van der Waals surface area (Å²) < 4.78 is 25.5. The van der Waals surface area contributed by atoms with E-state index in [1.807, 2.05) is 0 Å². The fourth-order valence-electron chi connectivity index (χ4n) is 2.46. The first-order chi connectivity index (χ1) is 11.3. The van der Waals surface area contributed by atoms with Gasteiger partial charge in [0.05, 0.1) is 10.6 Å². The molecule has 130 valence electrons. The summed E-state index contributed by atoms with van der Waals surface area (Å²) in [5.41, 5.74) is 2.48. The van der Waals surface area contributed by atoms with Gasteiger partial charge in [0.1, 0.15) is 0 Å². The van der Waals surface area contributed by atoms with E-state index < -0.39 is 9.84 Å². The Balaban J connectivity index is 1.92. The van der Waals surface area contributed by atoms with E-state index in [-0.39, 0.29) is 11.8 Å². The Kier molecular flexibility index (Phi) is 6.61. The first kappa shape index (κ1) is 19.2. The summed E-state index contributed by atoms with van der Waals surface area (Å²) in [6.07, 6.45) is 0. The number of hydrogen-bond donors (Lipinski definition) is 1. The van der Waals surface area contributed by atoms with Crippen LogP contribution in [-0.2, 0) is 9.84 Å².